The molecule has 0 aliphatic heterocycles. The van der Waals surface area contributed by atoms with Crippen molar-refractivity contribution in [2.24, 2.45) is 0 Å². The van der Waals surface area contributed by atoms with Gasteiger partial charge >= 0.3 is 0 Å². The molecule has 0 saturated carbocycles. The molecule has 144 valence electrons. The summed E-state index contributed by atoms with van der Waals surface area (Å²) in [6.07, 6.45) is 0.375. The minimum Gasteiger partial charge on any atom is -0.290 e. The van der Waals surface area contributed by atoms with Gasteiger partial charge in [-0.05, 0) is 48.5 Å². The molecule has 0 radical (unpaired) electrons. The van der Waals surface area contributed by atoms with Crippen LogP contribution in [0.15, 0.2) is 115 Å². The van der Waals surface area contributed by atoms with Gasteiger partial charge in [0.2, 0.25) is 5.78 Å². The Bertz CT molecular complexity index is 1090. The van der Waals surface area contributed by atoms with E-state index in [1.165, 1.54) is 15.9 Å². The lowest BCUT2D eigenvalue weighted by Crippen LogP contribution is -2.35. The molecule has 4 aromatic carbocycles. The van der Waals surface area contributed by atoms with Gasteiger partial charge in [0.15, 0.2) is 0 Å². The second-order valence-corrected chi connectivity index (χ2v) is 10.6. The lowest BCUT2D eigenvalue weighted by atomic mass is 10.1. The van der Waals surface area contributed by atoms with Gasteiger partial charge in [0.05, 0.1) is 11.6 Å². The number of nitriles is 1. The van der Waals surface area contributed by atoms with Gasteiger partial charge in [-0.1, -0.05) is 66.7 Å². The maximum absolute atomic E-state index is 13.6. The van der Waals surface area contributed by atoms with Crippen LogP contribution in [0.1, 0.15) is 15.9 Å². The summed E-state index contributed by atoms with van der Waals surface area (Å²) in [4.78, 5) is 13.6. The van der Waals surface area contributed by atoms with Crippen LogP contribution < -0.4 is 15.9 Å². The van der Waals surface area contributed by atoms with Crippen molar-refractivity contribution in [3.8, 4) is 6.07 Å². The number of ketones is 1. The Morgan fingerprint density at radius 3 is 1.57 bits per heavy atom. The van der Waals surface area contributed by atoms with Gasteiger partial charge in [-0.2, -0.15) is 5.26 Å². The average molecular weight is 406 g/mol. The van der Waals surface area contributed by atoms with E-state index >= 15 is 0 Å². The minimum absolute atomic E-state index is 0.0528. The molecule has 0 amide bonds. The summed E-state index contributed by atoms with van der Waals surface area (Å²) < 4.78 is 0. The van der Waals surface area contributed by atoms with E-state index in [-0.39, 0.29) is 5.78 Å². The Kier molecular flexibility index (Phi) is 5.84. The van der Waals surface area contributed by atoms with E-state index in [0.717, 1.165) is 0 Å². The van der Waals surface area contributed by atoms with Crippen LogP contribution in [0.2, 0.25) is 0 Å². The quantitative estimate of drug-likeness (QED) is 0.343. The summed E-state index contributed by atoms with van der Waals surface area (Å²) in [6.45, 7) is 0. The van der Waals surface area contributed by atoms with Gasteiger partial charge < -0.3 is 0 Å². The summed E-state index contributed by atoms with van der Waals surface area (Å²) in [5, 5.41) is 12.8. The van der Waals surface area contributed by atoms with E-state index in [1.807, 2.05) is 54.6 Å². The highest BCUT2D eigenvalue weighted by Gasteiger charge is 2.47. The Morgan fingerprint density at radius 1 is 0.667 bits per heavy atom. The molecule has 0 heterocycles. The number of Topliss-reactive ketones (excluding diaryl/α,β-unsaturated/α-hetero) is 1. The molecule has 4 aromatic rings. The molecule has 2 nitrogen and oxygen atoms in total. The Hall–Kier alpha value is -3.53. The second-order valence-electron chi connectivity index (χ2n) is 7.09. The van der Waals surface area contributed by atoms with Crippen molar-refractivity contribution in [3.63, 3.8) is 0 Å². The van der Waals surface area contributed by atoms with Gasteiger partial charge in [0, 0.05) is 5.56 Å². The van der Waals surface area contributed by atoms with Crippen molar-refractivity contribution in [2.45, 2.75) is 0 Å². The molecular weight excluding hydrogens is 385 g/mol. The Labute approximate surface area is 177 Å². The predicted octanol–water partition coefficient (Wildman–Crippen LogP) is 4.74. The predicted molar refractivity (Wildman–Crippen MR) is 126 cm³/mol. The van der Waals surface area contributed by atoms with E-state index in [0.29, 0.717) is 17.3 Å². The van der Waals surface area contributed by atoms with E-state index in [1.54, 1.807) is 24.3 Å². The molecule has 0 atom stereocenters. The zero-order valence-corrected chi connectivity index (χ0v) is 17.4. The van der Waals surface area contributed by atoms with Crippen LogP contribution in [0.3, 0.4) is 0 Å². The largest absolute Gasteiger partial charge is 0.290 e. The van der Waals surface area contributed by atoms with Crippen LogP contribution in [-0.4, -0.2) is 11.9 Å². The highest BCUT2D eigenvalue weighted by Crippen LogP contribution is 2.55. The fourth-order valence-corrected chi connectivity index (χ4v) is 7.94. The summed E-state index contributed by atoms with van der Waals surface area (Å²) in [6, 6.07) is 40.2. The molecule has 3 heteroatoms. The molecule has 0 saturated heterocycles. The third-order valence-corrected chi connectivity index (χ3v) is 9.59. The van der Waals surface area contributed by atoms with Crippen molar-refractivity contribution in [3.05, 3.63) is 126 Å². The van der Waals surface area contributed by atoms with Crippen LogP contribution in [0, 0.1) is 11.3 Å². The van der Waals surface area contributed by atoms with Gasteiger partial charge in [-0.15, -0.1) is 0 Å². The molecule has 0 aliphatic rings. The lowest BCUT2D eigenvalue weighted by Gasteiger charge is -2.27. The monoisotopic (exact) mass is 406 g/mol. The van der Waals surface area contributed by atoms with Crippen molar-refractivity contribution in [1.29, 1.82) is 5.26 Å². The number of carbonyl (C=O) groups excluding carboxylic acids is 1. The molecule has 0 aliphatic carbocycles. The molecule has 0 aromatic heterocycles. The number of nitrogens with zero attached hydrogens (tertiary/aromatic N) is 1. The zero-order valence-electron chi connectivity index (χ0n) is 16.5. The smallest absolute Gasteiger partial charge is 0.201 e. The highest BCUT2D eigenvalue weighted by atomic mass is 31.2. The van der Waals surface area contributed by atoms with E-state index in [9.17, 15) is 10.1 Å². The molecule has 0 N–H and O–H groups in total. The zero-order chi connectivity index (χ0) is 20.8. The number of benzene rings is 4. The van der Waals surface area contributed by atoms with Crippen molar-refractivity contribution < 1.29 is 4.79 Å². The van der Waals surface area contributed by atoms with E-state index < -0.39 is 7.26 Å². The van der Waals surface area contributed by atoms with Crippen LogP contribution in [-0.2, 0) is 0 Å². The van der Waals surface area contributed by atoms with Crippen LogP contribution >= 0.6 is 7.26 Å². The van der Waals surface area contributed by atoms with E-state index in [4.69, 9.17) is 0 Å². The third kappa shape index (κ3) is 3.81. The molecule has 0 spiro atoms. The van der Waals surface area contributed by atoms with Gasteiger partial charge in [-0.25, -0.2) is 0 Å². The highest BCUT2D eigenvalue weighted by molar-refractivity contribution is 7.96. The van der Waals surface area contributed by atoms with Crippen molar-refractivity contribution >= 4 is 29.0 Å². The fraction of sp³-hybridized carbons (Fsp3) is 0.0370. The molecule has 0 bridgehead atoms. The molecule has 4 rings (SSSR count). The summed E-state index contributed by atoms with van der Waals surface area (Å²) in [5.74, 6) is 0.0528. The Morgan fingerprint density at radius 2 is 1.13 bits per heavy atom. The third-order valence-electron chi connectivity index (χ3n) is 5.29. The Balaban J connectivity index is 1.93. The molecule has 0 fully saturated rings. The van der Waals surface area contributed by atoms with Gasteiger partial charge in [-0.3, -0.25) is 4.79 Å². The fourth-order valence-electron chi connectivity index (χ4n) is 3.84. The first-order chi connectivity index (χ1) is 14.7. The summed E-state index contributed by atoms with van der Waals surface area (Å²) >= 11 is 0. The summed E-state index contributed by atoms with van der Waals surface area (Å²) in [7, 11) is -2.23. The number of hydrogen-bond donors (Lipinski definition) is 0. The van der Waals surface area contributed by atoms with Crippen LogP contribution in [0.25, 0.3) is 0 Å². The lowest BCUT2D eigenvalue weighted by molar-refractivity contribution is 0.102. The van der Waals surface area contributed by atoms with Crippen molar-refractivity contribution in [1.82, 2.24) is 0 Å². The second kappa shape index (κ2) is 8.87. The van der Waals surface area contributed by atoms with Gasteiger partial charge in [0.1, 0.15) is 29.3 Å². The molecular formula is C27H21NOP+. The number of rotatable bonds is 6. The number of carbonyl (C=O) groups is 1. The molecule has 0 unspecified atom stereocenters. The first-order valence-corrected chi connectivity index (χ1v) is 11.8. The normalized spacial score (nSPS) is 10.9. The first-order valence-electron chi connectivity index (χ1n) is 9.82. The van der Waals surface area contributed by atoms with E-state index in [2.05, 4.69) is 42.5 Å². The average Bonchev–Trinajstić information content (AvgIpc) is 2.84. The minimum atomic E-state index is -2.23. The maximum atomic E-state index is 13.6. The van der Waals surface area contributed by atoms with Crippen LogP contribution in [0.4, 0.5) is 0 Å². The number of hydrogen-bond acceptors (Lipinski definition) is 2. The molecule has 30 heavy (non-hydrogen) atoms. The van der Waals surface area contributed by atoms with Gasteiger partial charge in [0.25, 0.3) is 0 Å². The SMILES string of the molecule is N#Cc1cccc(C(=O)C[P+](c2ccccc2)(c2ccccc2)c2ccccc2)c1. The van der Waals surface area contributed by atoms with Crippen molar-refractivity contribution in [2.75, 3.05) is 6.16 Å². The first kappa shape index (κ1) is 19.8. The maximum Gasteiger partial charge on any atom is 0.201 e. The van der Waals surface area contributed by atoms with Crippen LogP contribution in [0.5, 0.6) is 0 Å². The topological polar surface area (TPSA) is 40.9 Å². The standard InChI is InChI=1S/C27H21NOP/c28-20-22-11-10-12-23(19-22)27(29)21-30(24-13-4-1-5-14-24,25-15-6-2-7-16-25)26-17-8-3-9-18-26/h1-19H,21H2/q+1. The summed E-state index contributed by atoms with van der Waals surface area (Å²) in [5.41, 5.74) is 1.09.